The quantitative estimate of drug-likeness (QED) is 0.573. The summed E-state index contributed by atoms with van der Waals surface area (Å²) in [4.78, 5) is 26.2. The second-order valence-corrected chi connectivity index (χ2v) is 6.58. The lowest BCUT2D eigenvalue weighted by molar-refractivity contribution is -0.140. The van der Waals surface area contributed by atoms with Gasteiger partial charge in [0.15, 0.2) is 0 Å². The van der Waals surface area contributed by atoms with Gasteiger partial charge in [-0.3, -0.25) is 14.5 Å². The summed E-state index contributed by atoms with van der Waals surface area (Å²) in [5, 5.41) is 9.93. The second kappa shape index (κ2) is 7.65. The fourth-order valence-electron chi connectivity index (χ4n) is 2.93. The molecule has 0 atom stereocenters. The van der Waals surface area contributed by atoms with E-state index in [4.69, 9.17) is 16.0 Å². The summed E-state index contributed by atoms with van der Waals surface area (Å²) in [5.41, 5.74) is 1.44. The molecule has 0 saturated heterocycles. The maximum Gasteiger partial charge on any atom is 0.271 e. The van der Waals surface area contributed by atoms with Crippen LogP contribution in [-0.2, 0) is 9.59 Å². The zero-order valence-corrected chi connectivity index (χ0v) is 15.7. The predicted molar refractivity (Wildman–Crippen MR) is 102 cm³/mol. The summed E-state index contributed by atoms with van der Waals surface area (Å²) < 4.78 is 5.82. The zero-order chi connectivity index (χ0) is 19.6. The third-order valence-electron chi connectivity index (χ3n) is 4.30. The van der Waals surface area contributed by atoms with Crippen LogP contribution in [0.4, 0.5) is 0 Å². The van der Waals surface area contributed by atoms with Crippen molar-refractivity contribution in [2.24, 2.45) is 0 Å². The highest BCUT2D eigenvalue weighted by atomic mass is 35.5. The number of amides is 2. The van der Waals surface area contributed by atoms with E-state index in [1.165, 1.54) is 0 Å². The maximum atomic E-state index is 12.8. The number of hydrogen-bond donors (Lipinski definition) is 0. The first kappa shape index (κ1) is 18.7. The van der Waals surface area contributed by atoms with Crippen LogP contribution in [0, 0.1) is 11.3 Å². The van der Waals surface area contributed by atoms with Gasteiger partial charge in [-0.2, -0.15) is 5.26 Å². The van der Waals surface area contributed by atoms with Gasteiger partial charge in [-0.25, -0.2) is 0 Å². The highest BCUT2D eigenvalue weighted by molar-refractivity contribution is 6.30. The number of carbonyl (C=O) groups excluding carboxylic acids is 2. The van der Waals surface area contributed by atoms with Gasteiger partial charge in [-0.15, -0.1) is 0 Å². The summed E-state index contributed by atoms with van der Waals surface area (Å²) in [6.45, 7) is 3.73. The van der Waals surface area contributed by atoms with Gasteiger partial charge in [0.25, 0.3) is 11.8 Å². The van der Waals surface area contributed by atoms with E-state index in [-0.39, 0.29) is 17.7 Å². The van der Waals surface area contributed by atoms with Crippen LogP contribution in [0.5, 0.6) is 0 Å². The lowest BCUT2D eigenvalue weighted by Crippen LogP contribution is -2.43. The molecule has 0 spiro atoms. The van der Waals surface area contributed by atoms with Crippen molar-refractivity contribution in [3.8, 4) is 17.4 Å². The first-order chi connectivity index (χ1) is 13.0. The fraction of sp³-hybridized carbons (Fsp3) is 0.190. The Morgan fingerprint density at radius 2 is 2.00 bits per heavy atom. The van der Waals surface area contributed by atoms with E-state index >= 15 is 0 Å². The molecule has 2 aromatic rings. The first-order valence-corrected chi connectivity index (χ1v) is 8.89. The number of nitrogens with zero attached hydrogens (tertiary/aromatic N) is 2. The number of rotatable bonds is 4. The molecule has 27 heavy (non-hydrogen) atoms. The van der Waals surface area contributed by atoms with Crippen LogP contribution in [0.3, 0.4) is 0 Å². The lowest BCUT2D eigenvalue weighted by Gasteiger charge is -2.26. The molecule has 1 aromatic carbocycles. The average Bonchev–Trinajstić information content (AvgIpc) is 3.11. The van der Waals surface area contributed by atoms with E-state index in [1.807, 2.05) is 25.1 Å². The van der Waals surface area contributed by atoms with Crippen LogP contribution in [0.1, 0.15) is 26.0 Å². The molecule has 0 saturated carbocycles. The molecule has 1 aliphatic heterocycles. The molecular formula is C21H17ClN2O3. The maximum absolute atomic E-state index is 12.8. The van der Waals surface area contributed by atoms with Gasteiger partial charge >= 0.3 is 0 Å². The van der Waals surface area contributed by atoms with E-state index < -0.39 is 11.8 Å². The van der Waals surface area contributed by atoms with Gasteiger partial charge < -0.3 is 4.42 Å². The number of furan rings is 1. The molecule has 136 valence electrons. The Kier molecular flexibility index (Phi) is 5.29. The van der Waals surface area contributed by atoms with Gasteiger partial charge in [0.2, 0.25) is 0 Å². The largest absolute Gasteiger partial charge is 0.457 e. The molecule has 0 aliphatic carbocycles. The molecular weight excluding hydrogens is 364 g/mol. The predicted octanol–water partition coefficient (Wildman–Crippen LogP) is 4.60. The van der Waals surface area contributed by atoms with Crippen molar-refractivity contribution in [1.29, 1.82) is 5.26 Å². The minimum atomic E-state index is -0.543. The van der Waals surface area contributed by atoms with Gasteiger partial charge in [-0.1, -0.05) is 30.7 Å². The van der Waals surface area contributed by atoms with Crippen LogP contribution in [0.15, 0.2) is 57.5 Å². The smallest absolute Gasteiger partial charge is 0.271 e. The van der Waals surface area contributed by atoms with Crippen molar-refractivity contribution in [3.63, 3.8) is 0 Å². The van der Waals surface area contributed by atoms with E-state index in [0.717, 1.165) is 10.5 Å². The molecule has 0 N–H and O–H groups in total. The molecule has 6 heteroatoms. The third kappa shape index (κ3) is 3.57. The second-order valence-electron chi connectivity index (χ2n) is 6.14. The molecule has 0 unspecified atom stereocenters. The summed E-state index contributed by atoms with van der Waals surface area (Å²) >= 11 is 6.01. The van der Waals surface area contributed by atoms with Crippen molar-refractivity contribution in [2.75, 3.05) is 6.54 Å². The van der Waals surface area contributed by atoms with Crippen LogP contribution in [0.25, 0.3) is 17.4 Å². The van der Waals surface area contributed by atoms with Gasteiger partial charge in [0, 0.05) is 22.7 Å². The molecule has 1 aromatic heterocycles. The Bertz CT molecular complexity index is 1020. The molecule has 0 bridgehead atoms. The van der Waals surface area contributed by atoms with E-state index in [1.54, 1.807) is 37.3 Å². The topological polar surface area (TPSA) is 74.3 Å². The lowest BCUT2D eigenvalue weighted by atomic mass is 9.94. The first-order valence-electron chi connectivity index (χ1n) is 8.51. The Hall–Kier alpha value is -3.10. The van der Waals surface area contributed by atoms with E-state index in [2.05, 4.69) is 0 Å². The van der Waals surface area contributed by atoms with Gasteiger partial charge in [0.1, 0.15) is 23.2 Å². The van der Waals surface area contributed by atoms with Crippen molar-refractivity contribution in [2.45, 2.75) is 20.3 Å². The number of halogens is 1. The Morgan fingerprint density at radius 3 is 2.67 bits per heavy atom. The van der Waals surface area contributed by atoms with Crippen LogP contribution in [0.2, 0.25) is 5.02 Å². The number of nitriles is 1. The van der Waals surface area contributed by atoms with Crippen molar-refractivity contribution in [1.82, 2.24) is 4.90 Å². The van der Waals surface area contributed by atoms with Gasteiger partial charge in [-0.05, 0) is 49.3 Å². The molecule has 0 fully saturated rings. The van der Waals surface area contributed by atoms with E-state index in [9.17, 15) is 14.9 Å². The minimum absolute atomic E-state index is 0.0177. The minimum Gasteiger partial charge on any atom is -0.457 e. The van der Waals surface area contributed by atoms with Crippen molar-refractivity contribution < 1.29 is 14.0 Å². The Labute approximate surface area is 162 Å². The molecule has 3 rings (SSSR count). The Balaban J connectivity index is 2.03. The average molecular weight is 381 g/mol. The summed E-state index contributed by atoms with van der Waals surface area (Å²) in [5.74, 6) is 0.101. The van der Waals surface area contributed by atoms with Gasteiger partial charge in [0.05, 0.1) is 0 Å². The zero-order valence-electron chi connectivity index (χ0n) is 15.0. The third-order valence-corrected chi connectivity index (χ3v) is 4.53. The Morgan fingerprint density at radius 1 is 1.22 bits per heavy atom. The van der Waals surface area contributed by atoms with Crippen molar-refractivity contribution in [3.05, 3.63) is 63.9 Å². The number of benzene rings is 1. The molecule has 5 nitrogen and oxygen atoms in total. The highest BCUT2D eigenvalue weighted by Crippen LogP contribution is 2.30. The van der Waals surface area contributed by atoms with Crippen LogP contribution in [-0.4, -0.2) is 23.3 Å². The summed E-state index contributed by atoms with van der Waals surface area (Å²) in [6, 6.07) is 12.7. The number of hydrogen-bond acceptors (Lipinski definition) is 4. The normalized spacial score (nSPS) is 16.2. The molecule has 1 aliphatic rings. The van der Waals surface area contributed by atoms with Crippen molar-refractivity contribution >= 4 is 29.5 Å². The molecule has 2 amide bonds. The number of carbonyl (C=O) groups is 2. The molecule has 2 heterocycles. The highest BCUT2D eigenvalue weighted by Gasteiger charge is 2.35. The SMILES string of the molecule is CCCN1C(=O)C(=Cc2ccc(-c3cccc(Cl)c3)o2)C(C)=C(C#N)C1=O. The summed E-state index contributed by atoms with van der Waals surface area (Å²) in [6.07, 6.45) is 2.18. The van der Waals surface area contributed by atoms with Crippen LogP contribution < -0.4 is 0 Å². The standard InChI is InChI=1S/C21H17ClN2O3/c1-3-9-24-20(25)17(13(2)18(12-23)21(24)26)11-16-7-8-19(27-16)14-5-4-6-15(22)10-14/h4-8,10-11H,3,9H2,1-2H3. The molecule has 0 radical (unpaired) electrons. The van der Waals surface area contributed by atoms with Crippen LogP contribution >= 0.6 is 11.6 Å². The van der Waals surface area contributed by atoms with E-state index in [0.29, 0.717) is 28.5 Å². The summed E-state index contributed by atoms with van der Waals surface area (Å²) in [7, 11) is 0. The number of imide groups is 1. The fourth-order valence-corrected chi connectivity index (χ4v) is 3.12. The monoisotopic (exact) mass is 380 g/mol.